The van der Waals surface area contributed by atoms with Gasteiger partial charge in [0, 0.05) is 18.7 Å². The third-order valence-electron chi connectivity index (χ3n) is 3.23. The molecule has 0 bridgehead atoms. The van der Waals surface area contributed by atoms with Crippen molar-refractivity contribution in [1.29, 1.82) is 0 Å². The average Bonchev–Trinajstić information content (AvgIpc) is 2.77. The number of hydrogen-bond acceptors (Lipinski definition) is 4. The second-order valence-corrected chi connectivity index (χ2v) is 7.11. The van der Waals surface area contributed by atoms with Gasteiger partial charge in [0.05, 0.1) is 0 Å². The quantitative estimate of drug-likeness (QED) is 0.745. The minimum Gasteiger partial charge on any atom is -0.475 e. The van der Waals surface area contributed by atoms with Gasteiger partial charge >= 0.3 is 5.97 Å². The van der Waals surface area contributed by atoms with E-state index in [9.17, 15) is 13.2 Å². The molecule has 0 unspecified atom stereocenters. The van der Waals surface area contributed by atoms with Crippen LogP contribution in [0.1, 0.15) is 56.3 Å². The number of aromatic carboxylic acids is 1. The molecule has 0 fully saturated rings. The second kappa shape index (κ2) is 7.09. The van der Waals surface area contributed by atoms with Gasteiger partial charge in [-0.2, -0.15) is 4.31 Å². The standard InChI is InChI=1S/C14H23NO5S/c1-5-6-7-8-15(10(2)3)21(18,19)13-9-12(14(16)17)20-11(13)4/h9-10H,5-8H2,1-4H3,(H,16,17). The highest BCUT2D eigenvalue weighted by Gasteiger charge is 2.31. The molecule has 1 N–H and O–H groups in total. The summed E-state index contributed by atoms with van der Waals surface area (Å²) in [7, 11) is -3.75. The molecule has 6 nitrogen and oxygen atoms in total. The van der Waals surface area contributed by atoms with Crippen molar-refractivity contribution in [3.05, 3.63) is 17.6 Å². The van der Waals surface area contributed by atoms with Crippen LogP contribution in [-0.4, -0.2) is 36.4 Å². The number of aryl methyl sites for hydroxylation is 1. The van der Waals surface area contributed by atoms with E-state index in [4.69, 9.17) is 9.52 Å². The summed E-state index contributed by atoms with van der Waals surface area (Å²) < 4.78 is 31.8. The molecule has 0 saturated heterocycles. The lowest BCUT2D eigenvalue weighted by atomic mass is 10.2. The van der Waals surface area contributed by atoms with Gasteiger partial charge in [0.1, 0.15) is 10.7 Å². The SMILES string of the molecule is CCCCCN(C(C)C)S(=O)(=O)c1cc(C(=O)O)oc1C. The molecule has 0 radical (unpaired) electrons. The average molecular weight is 317 g/mol. The van der Waals surface area contributed by atoms with Crippen molar-refractivity contribution < 1.29 is 22.7 Å². The van der Waals surface area contributed by atoms with E-state index in [0.717, 1.165) is 25.3 Å². The fourth-order valence-electron chi connectivity index (χ4n) is 2.13. The lowest BCUT2D eigenvalue weighted by Gasteiger charge is -2.25. The van der Waals surface area contributed by atoms with E-state index >= 15 is 0 Å². The summed E-state index contributed by atoms with van der Waals surface area (Å²) in [4.78, 5) is 10.8. The van der Waals surface area contributed by atoms with Crippen molar-refractivity contribution >= 4 is 16.0 Å². The van der Waals surface area contributed by atoms with E-state index in [-0.39, 0.29) is 22.5 Å². The van der Waals surface area contributed by atoms with Crippen LogP contribution in [0.2, 0.25) is 0 Å². The van der Waals surface area contributed by atoms with Crippen LogP contribution < -0.4 is 0 Å². The highest BCUT2D eigenvalue weighted by molar-refractivity contribution is 7.89. The first kappa shape index (κ1) is 17.7. The molecule has 0 aliphatic rings. The third-order valence-corrected chi connectivity index (χ3v) is 5.41. The Labute approximate surface area is 125 Å². The predicted molar refractivity (Wildman–Crippen MR) is 79.0 cm³/mol. The molecule has 0 aliphatic heterocycles. The zero-order valence-electron chi connectivity index (χ0n) is 12.9. The first-order valence-corrected chi connectivity index (χ1v) is 8.51. The maximum absolute atomic E-state index is 12.7. The van der Waals surface area contributed by atoms with Crippen molar-refractivity contribution in [1.82, 2.24) is 4.31 Å². The van der Waals surface area contributed by atoms with Gasteiger partial charge in [-0.25, -0.2) is 13.2 Å². The van der Waals surface area contributed by atoms with Crippen molar-refractivity contribution in [3.8, 4) is 0 Å². The van der Waals surface area contributed by atoms with Crippen LogP contribution in [0.15, 0.2) is 15.4 Å². The van der Waals surface area contributed by atoms with Crippen LogP contribution in [0.3, 0.4) is 0 Å². The summed E-state index contributed by atoms with van der Waals surface area (Å²) in [5, 5.41) is 8.91. The summed E-state index contributed by atoms with van der Waals surface area (Å²) in [6.07, 6.45) is 2.72. The molecule has 21 heavy (non-hydrogen) atoms. The number of hydrogen-bond donors (Lipinski definition) is 1. The summed E-state index contributed by atoms with van der Waals surface area (Å²) >= 11 is 0. The van der Waals surface area contributed by atoms with Crippen LogP contribution in [0.25, 0.3) is 0 Å². The molecule has 0 saturated carbocycles. The largest absolute Gasteiger partial charge is 0.475 e. The van der Waals surface area contributed by atoms with Crippen molar-refractivity contribution in [3.63, 3.8) is 0 Å². The molecule has 0 aromatic carbocycles. The van der Waals surface area contributed by atoms with Gasteiger partial charge in [-0.05, 0) is 27.2 Å². The highest BCUT2D eigenvalue weighted by Crippen LogP contribution is 2.25. The van der Waals surface area contributed by atoms with E-state index < -0.39 is 16.0 Å². The van der Waals surface area contributed by atoms with E-state index in [0.29, 0.717) is 6.54 Å². The van der Waals surface area contributed by atoms with Crippen LogP contribution in [0.5, 0.6) is 0 Å². The molecular formula is C14H23NO5S. The molecule has 1 aromatic heterocycles. The van der Waals surface area contributed by atoms with Gasteiger partial charge in [-0.1, -0.05) is 19.8 Å². The number of rotatable bonds is 8. The molecule has 1 rings (SSSR count). The molecule has 1 aromatic rings. The van der Waals surface area contributed by atoms with Gasteiger partial charge in [0.15, 0.2) is 0 Å². The zero-order chi connectivity index (χ0) is 16.2. The molecule has 0 spiro atoms. The smallest absolute Gasteiger partial charge is 0.371 e. The normalized spacial score (nSPS) is 12.3. The number of unbranched alkanes of at least 4 members (excludes halogenated alkanes) is 2. The minimum atomic E-state index is -3.75. The first-order chi connectivity index (χ1) is 9.71. The van der Waals surface area contributed by atoms with E-state index in [2.05, 4.69) is 0 Å². The molecule has 0 atom stereocenters. The summed E-state index contributed by atoms with van der Waals surface area (Å²) in [6, 6.07) is 0.886. The van der Waals surface area contributed by atoms with Gasteiger partial charge in [-0.15, -0.1) is 0 Å². The van der Waals surface area contributed by atoms with Crippen LogP contribution in [0.4, 0.5) is 0 Å². The third kappa shape index (κ3) is 4.07. The van der Waals surface area contributed by atoms with Crippen molar-refractivity contribution in [2.45, 2.75) is 57.9 Å². The van der Waals surface area contributed by atoms with Crippen LogP contribution in [-0.2, 0) is 10.0 Å². The van der Waals surface area contributed by atoms with Gasteiger partial charge in [-0.3, -0.25) is 0 Å². The summed E-state index contributed by atoms with van der Waals surface area (Å²) in [5.41, 5.74) is 0. The first-order valence-electron chi connectivity index (χ1n) is 7.07. The lowest BCUT2D eigenvalue weighted by Crippen LogP contribution is -2.37. The molecule has 7 heteroatoms. The van der Waals surface area contributed by atoms with Crippen molar-refractivity contribution in [2.24, 2.45) is 0 Å². The van der Waals surface area contributed by atoms with E-state index in [1.165, 1.54) is 11.2 Å². The zero-order valence-corrected chi connectivity index (χ0v) is 13.7. The number of carboxylic acids is 1. The predicted octanol–water partition coefficient (Wildman–Crippen LogP) is 2.88. The molecule has 0 amide bonds. The Bertz CT molecular complexity index is 589. The van der Waals surface area contributed by atoms with Gasteiger partial charge in [0.2, 0.25) is 15.8 Å². The van der Waals surface area contributed by atoms with Gasteiger partial charge in [0.25, 0.3) is 0 Å². The minimum absolute atomic E-state index is 0.0647. The fraction of sp³-hybridized carbons (Fsp3) is 0.643. The topological polar surface area (TPSA) is 87.8 Å². The molecule has 120 valence electrons. The number of sulfonamides is 1. The number of carbonyl (C=O) groups is 1. The Kier molecular flexibility index (Phi) is 5.98. The number of furan rings is 1. The summed E-state index contributed by atoms with van der Waals surface area (Å²) in [5.74, 6) is -1.53. The Morgan fingerprint density at radius 3 is 2.43 bits per heavy atom. The fourth-order valence-corrected chi connectivity index (χ4v) is 3.96. The lowest BCUT2D eigenvalue weighted by molar-refractivity contribution is 0.0661. The van der Waals surface area contributed by atoms with Gasteiger partial charge < -0.3 is 9.52 Å². The number of carboxylic acid groups (broad SMARTS) is 1. The number of nitrogens with zero attached hydrogens (tertiary/aromatic N) is 1. The Morgan fingerprint density at radius 1 is 1.38 bits per heavy atom. The molecule has 0 aliphatic carbocycles. The van der Waals surface area contributed by atoms with Crippen LogP contribution >= 0.6 is 0 Å². The highest BCUT2D eigenvalue weighted by atomic mass is 32.2. The maximum Gasteiger partial charge on any atom is 0.371 e. The second-order valence-electron chi connectivity index (χ2n) is 5.25. The van der Waals surface area contributed by atoms with E-state index in [1.54, 1.807) is 13.8 Å². The molecule has 1 heterocycles. The Balaban J connectivity index is 3.13. The Hall–Kier alpha value is -1.34. The monoisotopic (exact) mass is 317 g/mol. The summed E-state index contributed by atoms with van der Waals surface area (Å²) in [6.45, 7) is 7.53. The van der Waals surface area contributed by atoms with Crippen molar-refractivity contribution in [2.75, 3.05) is 6.54 Å². The molecular weight excluding hydrogens is 294 g/mol. The maximum atomic E-state index is 12.7. The van der Waals surface area contributed by atoms with Crippen LogP contribution in [0, 0.1) is 6.92 Å². The van der Waals surface area contributed by atoms with E-state index in [1.807, 2.05) is 6.92 Å². The Morgan fingerprint density at radius 2 is 2.00 bits per heavy atom.